The van der Waals surface area contributed by atoms with Gasteiger partial charge in [0, 0.05) is 41.9 Å². The van der Waals surface area contributed by atoms with E-state index in [2.05, 4.69) is 0 Å². The molecule has 2 saturated heterocycles. The number of amides is 2. The summed E-state index contributed by atoms with van der Waals surface area (Å²) in [5.74, 6) is 0.0355. The van der Waals surface area contributed by atoms with Crippen LogP contribution in [0.2, 0.25) is 0 Å². The van der Waals surface area contributed by atoms with E-state index in [1.165, 1.54) is 4.90 Å². The number of carbonyl (C=O) groups excluding carboxylic acids is 1. The number of urea groups is 1. The summed E-state index contributed by atoms with van der Waals surface area (Å²) in [5, 5.41) is 9.40. The van der Waals surface area contributed by atoms with Gasteiger partial charge in [-0.3, -0.25) is 4.21 Å². The average molecular weight is 288 g/mol. The summed E-state index contributed by atoms with van der Waals surface area (Å²) in [6, 6.07) is -0.221. The molecule has 1 atom stereocenters. The van der Waals surface area contributed by atoms with Gasteiger partial charge in [-0.25, -0.2) is 9.59 Å². The van der Waals surface area contributed by atoms with Crippen LogP contribution in [0.15, 0.2) is 0 Å². The summed E-state index contributed by atoms with van der Waals surface area (Å²) >= 11 is 0. The van der Waals surface area contributed by atoms with E-state index in [4.69, 9.17) is 0 Å². The molecule has 0 spiro atoms. The molecular formula is C12H20N2O4S. The van der Waals surface area contributed by atoms with Gasteiger partial charge in [0.1, 0.15) is 5.54 Å². The third-order valence-corrected chi connectivity index (χ3v) is 5.31. The number of carboxylic acids is 1. The molecule has 2 aliphatic heterocycles. The summed E-state index contributed by atoms with van der Waals surface area (Å²) in [5.41, 5.74) is -1.11. The molecule has 0 radical (unpaired) electrons. The Labute approximate surface area is 115 Å². The fourth-order valence-corrected chi connectivity index (χ4v) is 3.70. The van der Waals surface area contributed by atoms with Crippen molar-refractivity contribution in [1.82, 2.24) is 9.80 Å². The molecule has 2 amide bonds. The van der Waals surface area contributed by atoms with Crippen molar-refractivity contribution in [2.45, 2.75) is 31.7 Å². The first kappa shape index (κ1) is 14.3. The van der Waals surface area contributed by atoms with E-state index in [-0.39, 0.29) is 6.03 Å². The molecule has 108 valence electrons. The molecule has 0 saturated carbocycles. The second kappa shape index (κ2) is 5.48. The molecule has 2 heterocycles. The molecule has 1 N–H and O–H groups in total. The molecule has 2 aliphatic rings. The molecular weight excluding hydrogens is 268 g/mol. The number of carboxylic acid groups (broad SMARTS) is 1. The van der Waals surface area contributed by atoms with Crippen LogP contribution in [0.4, 0.5) is 4.79 Å². The van der Waals surface area contributed by atoms with Gasteiger partial charge in [0.25, 0.3) is 0 Å². The van der Waals surface area contributed by atoms with E-state index in [0.29, 0.717) is 37.6 Å². The average Bonchev–Trinajstić information content (AvgIpc) is 2.39. The van der Waals surface area contributed by atoms with Crippen molar-refractivity contribution in [3.63, 3.8) is 0 Å². The van der Waals surface area contributed by atoms with E-state index in [9.17, 15) is 18.9 Å². The Bertz CT molecular complexity index is 405. The Hall–Kier alpha value is -1.11. The molecule has 6 nitrogen and oxygen atoms in total. The number of likely N-dealkylation sites (tertiary alicyclic amines) is 1. The summed E-state index contributed by atoms with van der Waals surface area (Å²) < 4.78 is 11.3. The maximum atomic E-state index is 12.5. The third-order valence-electron chi connectivity index (χ3n) is 4.03. The summed E-state index contributed by atoms with van der Waals surface area (Å²) in [7, 11) is -0.839. The van der Waals surface area contributed by atoms with Gasteiger partial charge in [-0.1, -0.05) is 0 Å². The normalized spacial score (nSPS) is 29.3. The van der Waals surface area contributed by atoms with Crippen LogP contribution >= 0.6 is 0 Å². The van der Waals surface area contributed by atoms with Gasteiger partial charge in [-0.05, 0) is 26.2 Å². The lowest BCUT2D eigenvalue weighted by molar-refractivity contribution is -0.150. The van der Waals surface area contributed by atoms with Gasteiger partial charge in [-0.2, -0.15) is 0 Å². The molecule has 1 unspecified atom stereocenters. The number of carbonyl (C=O) groups is 2. The van der Waals surface area contributed by atoms with Crippen molar-refractivity contribution < 1.29 is 18.9 Å². The molecule has 0 aromatic carbocycles. The molecule has 7 heteroatoms. The Morgan fingerprint density at radius 2 is 1.79 bits per heavy atom. The summed E-state index contributed by atoms with van der Waals surface area (Å²) in [4.78, 5) is 27.0. The maximum absolute atomic E-state index is 12.5. The van der Waals surface area contributed by atoms with Gasteiger partial charge in [0.15, 0.2) is 0 Å². The Morgan fingerprint density at radius 3 is 2.37 bits per heavy atom. The van der Waals surface area contributed by atoms with Crippen molar-refractivity contribution in [2.24, 2.45) is 0 Å². The number of aliphatic carboxylic acids is 1. The smallest absolute Gasteiger partial charge is 0.329 e. The van der Waals surface area contributed by atoms with Gasteiger partial charge in [0.2, 0.25) is 0 Å². The van der Waals surface area contributed by atoms with E-state index in [1.807, 2.05) is 0 Å². The monoisotopic (exact) mass is 288 g/mol. The lowest BCUT2D eigenvalue weighted by Gasteiger charge is -2.44. The minimum Gasteiger partial charge on any atom is -0.480 e. The van der Waals surface area contributed by atoms with Crippen LogP contribution in [-0.4, -0.2) is 67.8 Å². The standard InChI is InChI=1S/C12H20N2O4S/c1-12(10(15)16)4-2-3-5-14(12)11(17)13-6-8-19(18)9-7-13/h2-9H2,1H3,(H,15,16). The Kier molecular flexibility index (Phi) is 4.13. The molecule has 0 aromatic rings. The highest BCUT2D eigenvalue weighted by Crippen LogP contribution is 2.29. The molecule has 0 bridgehead atoms. The SMILES string of the molecule is CC1(C(=O)O)CCCCN1C(=O)N1CCS(=O)CC1. The molecule has 0 aromatic heterocycles. The lowest BCUT2D eigenvalue weighted by Crippen LogP contribution is -2.61. The second-order valence-electron chi connectivity index (χ2n) is 5.31. The van der Waals surface area contributed by atoms with Crippen LogP contribution in [0.5, 0.6) is 0 Å². The van der Waals surface area contributed by atoms with Gasteiger partial charge in [-0.15, -0.1) is 0 Å². The van der Waals surface area contributed by atoms with Gasteiger partial charge >= 0.3 is 12.0 Å². The zero-order valence-corrected chi connectivity index (χ0v) is 11.9. The molecule has 2 rings (SSSR count). The Balaban J connectivity index is 2.12. The first-order valence-electron chi connectivity index (χ1n) is 6.60. The van der Waals surface area contributed by atoms with Crippen molar-refractivity contribution in [1.29, 1.82) is 0 Å². The van der Waals surface area contributed by atoms with Gasteiger partial charge < -0.3 is 14.9 Å². The quantitative estimate of drug-likeness (QED) is 0.762. The number of rotatable bonds is 1. The van der Waals surface area contributed by atoms with E-state index in [1.54, 1.807) is 11.8 Å². The zero-order valence-electron chi connectivity index (χ0n) is 11.1. The topological polar surface area (TPSA) is 77.9 Å². The third kappa shape index (κ3) is 2.75. The van der Waals surface area contributed by atoms with Crippen LogP contribution in [-0.2, 0) is 15.6 Å². The van der Waals surface area contributed by atoms with E-state index >= 15 is 0 Å². The zero-order chi connectivity index (χ0) is 14.0. The lowest BCUT2D eigenvalue weighted by atomic mass is 9.89. The minimum atomic E-state index is -1.11. The maximum Gasteiger partial charge on any atom is 0.329 e. The van der Waals surface area contributed by atoms with Crippen LogP contribution in [0.3, 0.4) is 0 Å². The number of hydrogen-bond acceptors (Lipinski definition) is 3. The largest absolute Gasteiger partial charge is 0.480 e. The fraction of sp³-hybridized carbons (Fsp3) is 0.833. The second-order valence-corrected chi connectivity index (χ2v) is 7.00. The molecule has 2 fully saturated rings. The number of nitrogens with zero attached hydrogens (tertiary/aromatic N) is 2. The van der Waals surface area contributed by atoms with E-state index < -0.39 is 22.3 Å². The van der Waals surface area contributed by atoms with Crippen LogP contribution in [0, 0.1) is 0 Å². The van der Waals surface area contributed by atoms with Crippen molar-refractivity contribution in [3.05, 3.63) is 0 Å². The van der Waals surface area contributed by atoms with Crippen molar-refractivity contribution >= 4 is 22.8 Å². The van der Waals surface area contributed by atoms with Crippen LogP contribution in [0.1, 0.15) is 26.2 Å². The molecule has 19 heavy (non-hydrogen) atoms. The number of hydrogen-bond donors (Lipinski definition) is 1. The summed E-state index contributed by atoms with van der Waals surface area (Å²) in [6.07, 6.45) is 2.17. The highest BCUT2D eigenvalue weighted by molar-refractivity contribution is 7.85. The summed E-state index contributed by atoms with van der Waals surface area (Å²) in [6.45, 7) is 3.02. The minimum absolute atomic E-state index is 0.221. The van der Waals surface area contributed by atoms with Crippen LogP contribution in [0.25, 0.3) is 0 Å². The number of piperidine rings is 1. The first-order chi connectivity index (χ1) is 8.95. The highest BCUT2D eigenvalue weighted by Gasteiger charge is 2.45. The van der Waals surface area contributed by atoms with Gasteiger partial charge in [0.05, 0.1) is 0 Å². The van der Waals surface area contributed by atoms with Crippen LogP contribution < -0.4 is 0 Å². The van der Waals surface area contributed by atoms with E-state index in [0.717, 1.165) is 12.8 Å². The highest BCUT2D eigenvalue weighted by atomic mass is 32.2. The van der Waals surface area contributed by atoms with Crippen molar-refractivity contribution in [3.8, 4) is 0 Å². The molecule has 0 aliphatic carbocycles. The predicted octanol–water partition coefficient (Wildman–Crippen LogP) is 0.500. The Morgan fingerprint density at radius 1 is 1.16 bits per heavy atom. The fourth-order valence-electron chi connectivity index (χ4n) is 2.65. The first-order valence-corrected chi connectivity index (χ1v) is 8.09. The van der Waals surface area contributed by atoms with Crippen molar-refractivity contribution in [2.75, 3.05) is 31.1 Å². The predicted molar refractivity (Wildman–Crippen MR) is 71.4 cm³/mol.